The lowest BCUT2D eigenvalue weighted by molar-refractivity contribution is -0.120. The van der Waals surface area contributed by atoms with Crippen molar-refractivity contribution in [2.75, 3.05) is 22.5 Å². The van der Waals surface area contributed by atoms with Gasteiger partial charge >= 0.3 is 5.69 Å². The fourth-order valence-corrected chi connectivity index (χ4v) is 4.00. The van der Waals surface area contributed by atoms with Crippen molar-refractivity contribution in [3.63, 3.8) is 0 Å². The normalized spacial score (nSPS) is 13.1. The van der Waals surface area contributed by atoms with Crippen LogP contribution >= 0.6 is 11.8 Å². The Morgan fingerprint density at radius 1 is 1.07 bits per heavy atom. The molecule has 0 saturated heterocycles. The molecule has 1 aliphatic rings. The molecule has 0 unspecified atom stereocenters. The highest BCUT2D eigenvalue weighted by molar-refractivity contribution is 7.99. The van der Waals surface area contributed by atoms with Gasteiger partial charge in [-0.3, -0.25) is 14.2 Å². The first-order chi connectivity index (χ1) is 14.1. The van der Waals surface area contributed by atoms with Crippen molar-refractivity contribution in [2.45, 2.75) is 18.1 Å². The van der Waals surface area contributed by atoms with Gasteiger partial charge < -0.3 is 10.2 Å². The largest absolute Gasteiger partial charge is 0.343 e. The van der Waals surface area contributed by atoms with Gasteiger partial charge in [-0.15, -0.1) is 5.10 Å². The van der Waals surface area contributed by atoms with Gasteiger partial charge in [0.2, 0.25) is 11.8 Å². The number of carbonyl (C=O) groups excluding carboxylic acids is 2. The van der Waals surface area contributed by atoms with E-state index >= 15 is 0 Å². The number of nitrogens with zero attached hydrogens (tertiary/aromatic N) is 3. The number of rotatable bonds is 6. The Balaban J connectivity index is 1.44. The minimum atomic E-state index is -0.307. The molecular formula is C20H19N5O3S. The number of thioether (sulfide) groups is 1. The minimum absolute atomic E-state index is 0.0300. The highest BCUT2D eigenvalue weighted by Crippen LogP contribution is 2.29. The van der Waals surface area contributed by atoms with Gasteiger partial charge in [0.25, 0.3) is 0 Å². The van der Waals surface area contributed by atoms with Crippen molar-refractivity contribution < 1.29 is 9.59 Å². The lowest BCUT2D eigenvalue weighted by Gasteiger charge is -2.29. The first-order valence-electron chi connectivity index (χ1n) is 9.13. The molecule has 0 radical (unpaired) electrons. The third-order valence-electron chi connectivity index (χ3n) is 4.59. The first-order valence-corrected chi connectivity index (χ1v) is 10.1. The van der Waals surface area contributed by atoms with Crippen molar-refractivity contribution in [2.24, 2.45) is 0 Å². The lowest BCUT2D eigenvalue weighted by Crippen LogP contribution is -2.43. The molecule has 8 nitrogen and oxygen atoms in total. The summed E-state index contributed by atoms with van der Waals surface area (Å²) in [4.78, 5) is 38.3. The van der Waals surface area contributed by atoms with E-state index in [1.54, 1.807) is 18.2 Å². The van der Waals surface area contributed by atoms with Crippen LogP contribution in [0.15, 0.2) is 64.5 Å². The van der Waals surface area contributed by atoms with Gasteiger partial charge in [-0.25, -0.2) is 9.89 Å². The smallest absolute Gasteiger partial charge is 0.323 e. The molecule has 0 spiro atoms. The van der Waals surface area contributed by atoms with Gasteiger partial charge in [-0.2, -0.15) is 0 Å². The van der Waals surface area contributed by atoms with Gasteiger partial charge in [-0.05, 0) is 24.1 Å². The molecule has 2 aromatic carbocycles. The topological polar surface area (TPSA) is 100 Å². The summed E-state index contributed by atoms with van der Waals surface area (Å²) in [6.07, 6.45) is 0.682. The van der Waals surface area contributed by atoms with Crippen LogP contribution in [0, 0.1) is 0 Å². The minimum Gasteiger partial charge on any atom is -0.323 e. The van der Waals surface area contributed by atoms with Crippen molar-refractivity contribution in [1.82, 2.24) is 14.8 Å². The number of nitrogens with one attached hydrogen (secondary N) is 2. The number of H-pyrrole nitrogens is 1. The average Bonchev–Trinajstić information content (AvgIpc) is 3.10. The molecule has 0 atom stereocenters. The Kier molecular flexibility index (Phi) is 5.48. The fraction of sp³-hybridized carbons (Fsp3) is 0.200. The molecule has 148 valence electrons. The summed E-state index contributed by atoms with van der Waals surface area (Å²) in [6, 6.07) is 17.0. The van der Waals surface area contributed by atoms with E-state index < -0.39 is 0 Å². The highest BCUT2D eigenvalue weighted by Gasteiger charge is 2.26. The molecule has 4 rings (SSSR count). The van der Waals surface area contributed by atoms with Crippen LogP contribution in [0.4, 0.5) is 11.4 Å². The van der Waals surface area contributed by atoms with E-state index in [2.05, 4.69) is 15.5 Å². The van der Waals surface area contributed by atoms with E-state index in [0.29, 0.717) is 29.5 Å². The van der Waals surface area contributed by atoms with Crippen LogP contribution in [-0.4, -0.2) is 38.9 Å². The molecule has 1 aromatic heterocycles. The summed E-state index contributed by atoms with van der Waals surface area (Å²) in [7, 11) is 0. The number of carbonyl (C=O) groups is 2. The Labute approximate surface area is 170 Å². The maximum atomic E-state index is 12.8. The number of anilines is 2. The number of amides is 2. The van der Waals surface area contributed by atoms with Gasteiger partial charge in [0, 0.05) is 6.54 Å². The molecule has 3 aromatic rings. The number of fused-ring (bicyclic) bond motifs is 1. The summed E-state index contributed by atoms with van der Waals surface area (Å²) in [5.74, 6) is -0.388. The summed E-state index contributed by atoms with van der Waals surface area (Å²) >= 11 is 1.18. The third-order valence-corrected chi connectivity index (χ3v) is 5.55. The molecule has 9 heteroatoms. The predicted molar refractivity (Wildman–Crippen MR) is 111 cm³/mol. The van der Waals surface area contributed by atoms with Crippen molar-refractivity contribution in [3.05, 3.63) is 70.6 Å². The number of para-hydroxylation sites is 2. The average molecular weight is 409 g/mol. The fourth-order valence-electron chi connectivity index (χ4n) is 3.16. The van der Waals surface area contributed by atoms with Crippen molar-refractivity contribution in [3.8, 4) is 0 Å². The standard InChI is InChI=1S/C20H19N5O3S/c26-17-12-25(16-9-5-4-8-15(16)21-17)18(27)13-29-20-23-22-19(28)24(20)11-10-14-6-2-1-3-7-14/h1-9H,10-13H2,(H,21,26)(H,22,28). The summed E-state index contributed by atoms with van der Waals surface area (Å²) in [5.41, 5.74) is 2.09. The third kappa shape index (κ3) is 4.24. The monoisotopic (exact) mass is 409 g/mol. The van der Waals surface area contributed by atoms with Gasteiger partial charge in [0.15, 0.2) is 5.16 Å². The molecule has 2 heterocycles. The molecule has 2 N–H and O–H groups in total. The Bertz CT molecular complexity index is 1090. The zero-order valence-electron chi connectivity index (χ0n) is 15.5. The lowest BCUT2D eigenvalue weighted by atomic mass is 10.1. The molecule has 0 fully saturated rings. The Morgan fingerprint density at radius 2 is 1.83 bits per heavy atom. The van der Waals surface area contributed by atoms with E-state index in [1.165, 1.54) is 21.2 Å². The Morgan fingerprint density at radius 3 is 2.66 bits per heavy atom. The van der Waals surface area contributed by atoms with Crippen LogP contribution in [0.5, 0.6) is 0 Å². The van der Waals surface area contributed by atoms with E-state index in [1.807, 2.05) is 36.4 Å². The van der Waals surface area contributed by atoms with E-state index in [4.69, 9.17) is 0 Å². The van der Waals surface area contributed by atoms with Gasteiger partial charge in [0.05, 0.1) is 17.1 Å². The van der Waals surface area contributed by atoms with Crippen LogP contribution < -0.4 is 15.9 Å². The number of aromatic nitrogens is 3. The summed E-state index contributed by atoms with van der Waals surface area (Å²) in [6.45, 7) is 0.433. The van der Waals surface area contributed by atoms with E-state index in [9.17, 15) is 14.4 Å². The number of aromatic amines is 1. The van der Waals surface area contributed by atoms with Gasteiger partial charge in [-0.1, -0.05) is 54.2 Å². The van der Waals surface area contributed by atoms with Crippen LogP contribution in [0.1, 0.15) is 5.56 Å². The summed E-state index contributed by atoms with van der Waals surface area (Å²) < 4.78 is 1.53. The molecule has 0 aliphatic carbocycles. The molecule has 2 amide bonds. The van der Waals surface area contributed by atoms with Crippen LogP contribution in [0.2, 0.25) is 0 Å². The van der Waals surface area contributed by atoms with Crippen LogP contribution in [-0.2, 0) is 22.6 Å². The zero-order chi connectivity index (χ0) is 20.2. The first kappa shape index (κ1) is 19.0. The van der Waals surface area contributed by atoms with Crippen molar-refractivity contribution in [1.29, 1.82) is 0 Å². The predicted octanol–water partition coefficient (Wildman–Crippen LogP) is 1.89. The molecule has 1 aliphatic heterocycles. The maximum Gasteiger partial charge on any atom is 0.343 e. The molecule has 29 heavy (non-hydrogen) atoms. The zero-order valence-corrected chi connectivity index (χ0v) is 16.3. The van der Waals surface area contributed by atoms with E-state index in [-0.39, 0.29) is 29.8 Å². The second-order valence-corrected chi connectivity index (χ2v) is 7.47. The second kappa shape index (κ2) is 8.36. The number of hydrogen-bond acceptors (Lipinski definition) is 5. The molecule has 0 bridgehead atoms. The molecular weight excluding hydrogens is 390 g/mol. The summed E-state index contributed by atoms with van der Waals surface area (Å²) in [5, 5.41) is 9.70. The Hall–Kier alpha value is -3.33. The quantitative estimate of drug-likeness (QED) is 0.606. The number of benzene rings is 2. The second-order valence-electron chi connectivity index (χ2n) is 6.53. The van der Waals surface area contributed by atoms with E-state index in [0.717, 1.165) is 5.56 Å². The molecule has 0 saturated carbocycles. The number of hydrogen-bond donors (Lipinski definition) is 2. The maximum absolute atomic E-state index is 12.8. The number of aryl methyl sites for hydroxylation is 1. The van der Waals surface area contributed by atoms with Crippen molar-refractivity contribution >= 4 is 35.0 Å². The van der Waals surface area contributed by atoms with Gasteiger partial charge in [0.1, 0.15) is 6.54 Å². The van der Waals surface area contributed by atoms with Crippen LogP contribution in [0.25, 0.3) is 0 Å². The SMILES string of the molecule is O=C1CN(C(=O)CSc2n[nH]c(=O)n2CCc2ccccc2)c2ccccc2N1. The highest BCUT2D eigenvalue weighted by atomic mass is 32.2. The van der Waals surface area contributed by atoms with Crippen LogP contribution in [0.3, 0.4) is 0 Å².